The average Bonchev–Trinajstić information content (AvgIpc) is 1.54. The fraction of sp³-hybridized carbons (Fsp3) is 1.00. The van der Waals surface area contributed by atoms with Gasteiger partial charge in [-0.05, 0) is 27.7 Å². The van der Waals surface area contributed by atoms with Crippen molar-refractivity contribution in [2.75, 3.05) is 0 Å². The maximum Gasteiger partial charge on any atom is 0.278 e. The lowest BCUT2D eigenvalue weighted by Gasteiger charge is -2.33. The van der Waals surface area contributed by atoms with Gasteiger partial charge in [-0.1, -0.05) is 0 Å². The second kappa shape index (κ2) is 3.67. The summed E-state index contributed by atoms with van der Waals surface area (Å²) < 4.78 is 37.3. The molecular weight excluding hydrogens is 175 g/mol. The van der Waals surface area contributed by atoms with E-state index in [2.05, 4.69) is 0 Å². The van der Waals surface area contributed by atoms with Gasteiger partial charge in [-0.15, -0.1) is 11.7 Å². The Balaban J connectivity index is 4.35. The molecule has 11 heavy (non-hydrogen) atoms. The minimum atomic E-state index is -5.03. The van der Waals surface area contributed by atoms with Crippen LogP contribution in [0.5, 0.6) is 0 Å². The molecule has 70 valence electrons. The van der Waals surface area contributed by atoms with Crippen LogP contribution in [0, 0.1) is 0 Å². The second-order valence-electron chi connectivity index (χ2n) is 2.93. The van der Waals surface area contributed by atoms with Gasteiger partial charge in [0.05, 0.1) is 0 Å². The Morgan fingerprint density at radius 3 is 1.18 bits per heavy atom. The van der Waals surface area contributed by atoms with Crippen LogP contribution in [-0.4, -0.2) is 16.4 Å². The van der Waals surface area contributed by atoms with E-state index >= 15 is 0 Å². The maximum atomic E-state index is 12.2. The summed E-state index contributed by atoms with van der Waals surface area (Å²) in [4.78, 5) is 0. The van der Waals surface area contributed by atoms with E-state index in [1.165, 1.54) is 0 Å². The molecule has 1 nitrogen and oxygen atoms in total. The molecule has 0 amide bonds. The largest absolute Gasteiger partial charge is 0.278 e. The molecule has 0 unspecified atom stereocenters. The number of halogens is 3. The molecule has 0 fully saturated rings. The molecule has 5 heteroatoms. The van der Waals surface area contributed by atoms with Gasteiger partial charge in [-0.2, -0.15) is 4.31 Å². The van der Waals surface area contributed by atoms with Crippen LogP contribution in [0.3, 0.4) is 0 Å². The summed E-state index contributed by atoms with van der Waals surface area (Å²) in [5.41, 5.74) is 0. The van der Waals surface area contributed by atoms with Gasteiger partial charge >= 0.3 is 0 Å². The first-order valence-electron chi connectivity index (χ1n) is 3.47. The van der Waals surface area contributed by atoms with Gasteiger partial charge in [0, 0.05) is 12.1 Å². The van der Waals surface area contributed by atoms with Gasteiger partial charge in [0.25, 0.3) is 11.4 Å². The highest BCUT2D eigenvalue weighted by Gasteiger charge is 2.35. The number of rotatable bonds is 3. The zero-order valence-corrected chi connectivity index (χ0v) is 7.96. The Kier molecular flexibility index (Phi) is 3.70. The molecule has 0 saturated heterocycles. The summed E-state index contributed by atoms with van der Waals surface area (Å²) in [7, 11) is 0. The van der Waals surface area contributed by atoms with Crippen LogP contribution in [0.2, 0.25) is 0 Å². The van der Waals surface area contributed by atoms with Gasteiger partial charge < -0.3 is 0 Å². The molecule has 0 spiro atoms. The fourth-order valence-electron chi connectivity index (χ4n) is 1.07. The summed E-state index contributed by atoms with van der Waals surface area (Å²) >= 11 is -5.03. The third-order valence-electron chi connectivity index (χ3n) is 1.26. The first-order chi connectivity index (χ1) is 4.76. The van der Waals surface area contributed by atoms with Gasteiger partial charge in [-0.3, -0.25) is 0 Å². The molecule has 0 aromatic rings. The smallest absolute Gasteiger partial charge is 0.188 e. The zero-order valence-electron chi connectivity index (χ0n) is 7.14. The van der Waals surface area contributed by atoms with Crippen molar-refractivity contribution in [3.63, 3.8) is 0 Å². The van der Waals surface area contributed by atoms with Crippen LogP contribution in [0.25, 0.3) is 0 Å². The molecule has 0 heterocycles. The molecule has 0 saturated carbocycles. The van der Waals surface area contributed by atoms with Crippen molar-refractivity contribution in [3.8, 4) is 0 Å². The molecule has 0 radical (unpaired) electrons. The lowest BCUT2D eigenvalue weighted by atomic mass is 10.3. The van der Waals surface area contributed by atoms with Gasteiger partial charge in [0.15, 0.2) is 0 Å². The molecule has 0 N–H and O–H groups in total. The highest BCUT2D eigenvalue weighted by atomic mass is 32.3. The SMILES string of the molecule is CC(C)N(C(C)C)S(F)(F)F. The Bertz CT molecular complexity index is 113. The first-order valence-corrected chi connectivity index (χ1v) is 4.76. The Morgan fingerprint density at radius 2 is 1.18 bits per heavy atom. The van der Waals surface area contributed by atoms with Crippen molar-refractivity contribution in [2.45, 2.75) is 39.8 Å². The van der Waals surface area contributed by atoms with E-state index < -0.39 is 23.5 Å². The van der Waals surface area contributed by atoms with E-state index in [4.69, 9.17) is 0 Å². The quantitative estimate of drug-likeness (QED) is 0.657. The second-order valence-corrected chi connectivity index (χ2v) is 4.11. The van der Waals surface area contributed by atoms with E-state index in [0.717, 1.165) is 0 Å². The van der Waals surface area contributed by atoms with E-state index in [1.807, 2.05) is 0 Å². The third-order valence-corrected chi connectivity index (χ3v) is 2.58. The summed E-state index contributed by atoms with van der Waals surface area (Å²) in [6.45, 7) is 6.22. The first kappa shape index (κ1) is 11.1. The minimum Gasteiger partial charge on any atom is -0.188 e. The highest BCUT2D eigenvalue weighted by molar-refractivity contribution is 8.18. The van der Waals surface area contributed by atoms with Crippen molar-refractivity contribution < 1.29 is 11.7 Å². The van der Waals surface area contributed by atoms with Crippen LogP contribution >= 0.6 is 11.4 Å². The monoisotopic (exact) mass is 189 g/mol. The predicted molar refractivity (Wildman–Crippen MR) is 43.0 cm³/mol. The number of nitrogens with zero attached hydrogens (tertiary/aromatic N) is 1. The standard InChI is InChI=1S/C6H14F3NS/c1-5(2)10(6(3)4)11(7,8)9/h5-6H,1-4H3. The van der Waals surface area contributed by atoms with Crippen molar-refractivity contribution in [3.05, 3.63) is 0 Å². The molecule has 0 bridgehead atoms. The molecule has 0 aromatic carbocycles. The van der Waals surface area contributed by atoms with Crippen molar-refractivity contribution in [1.82, 2.24) is 4.31 Å². The molecule has 0 rings (SSSR count). The molecule has 0 aliphatic heterocycles. The molecule has 0 aliphatic carbocycles. The van der Waals surface area contributed by atoms with E-state index in [-0.39, 0.29) is 0 Å². The molecule has 0 atom stereocenters. The summed E-state index contributed by atoms with van der Waals surface area (Å²) in [5, 5.41) is 0. The lowest BCUT2D eigenvalue weighted by Crippen LogP contribution is -2.34. The highest BCUT2D eigenvalue weighted by Crippen LogP contribution is 2.58. The predicted octanol–water partition coefficient (Wildman–Crippen LogP) is 3.48. The van der Waals surface area contributed by atoms with Crippen LogP contribution in [0.1, 0.15) is 27.7 Å². The zero-order chi connectivity index (χ0) is 9.23. The molecule has 0 aromatic heterocycles. The lowest BCUT2D eigenvalue weighted by molar-refractivity contribution is 0.281. The molecular formula is C6H14F3NS. The van der Waals surface area contributed by atoms with E-state index in [1.54, 1.807) is 27.7 Å². The van der Waals surface area contributed by atoms with E-state index in [0.29, 0.717) is 4.31 Å². The Labute approximate surface area is 67.9 Å². The Morgan fingerprint density at radius 1 is 0.909 bits per heavy atom. The van der Waals surface area contributed by atoms with Crippen molar-refractivity contribution in [2.24, 2.45) is 0 Å². The summed E-state index contributed by atoms with van der Waals surface area (Å²) in [5.74, 6) is 0. The minimum absolute atomic E-state index is 0.454. The average molecular weight is 189 g/mol. The number of hydrogen-bond donors (Lipinski definition) is 0. The van der Waals surface area contributed by atoms with Crippen LogP contribution in [-0.2, 0) is 0 Å². The van der Waals surface area contributed by atoms with Crippen LogP contribution in [0.4, 0.5) is 11.7 Å². The van der Waals surface area contributed by atoms with E-state index in [9.17, 15) is 11.7 Å². The van der Waals surface area contributed by atoms with Crippen LogP contribution in [0.15, 0.2) is 0 Å². The summed E-state index contributed by atoms with van der Waals surface area (Å²) in [6.07, 6.45) is 0. The number of hydrogen-bond acceptors (Lipinski definition) is 1. The fourth-order valence-corrected chi connectivity index (χ4v) is 2.03. The van der Waals surface area contributed by atoms with Gasteiger partial charge in [-0.25, -0.2) is 0 Å². The summed E-state index contributed by atoms with van der Waals surface area (Å²) in [6, 6.07) is -0.907. The normalized spacial score (nSPS) is 15.1. The topological polar surface area (TPSA) is 3.24 Å². The van der Waals surface area contributed by atoms with Gasteiger partial charge in [0.1, 0.15) is 0 Å². The Hall–Kier alpha value is 0.100. The van der Waals surface area contributed by atoms with Crippen molar-refractivity contribution >= 4 is 11.4 Å². The maximum absolute atomic E-state index is 12.2. The third kappa shape index (κ3) is 3.33. The van der Waals surface area contributed by atoms with Gasteiger partial charge in [0.2, 0.25) is 0 Å². The van der Waals surface area contributed by atoms with Crippen molar-refractivity contribution in [1.29, 1.82) is 0 Å². The van der Waals surface area contributed by atoms with Crippen LogP contribution < -0.4 is 0 Å². The molecule has 0 aliphatic rings.